The molecule has 0 heterocycles. The van der Waals surface area contributed by atoms with Gasteiger partial charge in [-0.3, -0.25) is 0 Å². The van der Waals surface area contributed by atoms with Crippen LogP contribution in [0, 0.1) is 0 Å². The van der Waals surface area contributed by atoms with Crippen LogP contribution in [0.15, 0.2) is 12.7 Å². The normalized spacial score (nSPS) is 7.33. The van der Waals surface area contributed by atoms with Gasteiger partial charge >= 0.3 is 26.2 Å². The van der Waals surface area contributed by atoms with Crippen molar-refractivity contribution in [2.24, 2.45) is 0 Å². The smallest absolute Gasteiger partial charge is 1.00 e. The minimum absolute atomic E-state index is 0. The fraction of sp³-hybridized carbons (Fsp3) is 0.750. The van der Waals surface area contributed by atoms with Crippen LogP contribution in [0.25, 0.3) is 0 Å². The third-order valence-corrected chi connectivity index (χ3v) is 2.22. The van der Waals surface area contributed by atoms with Gasteiger partial charge in [0.2, 0.25) is 0 Å². The van der Waals surface area contributed by atoms with Crippen LogP contribution in [0.2, 0.25) is 6.04 Å². The Morgan fingerprint density at radius 3 is 1.92 bits per heavy atom. The van der Waals surface area contributed by atoms with Gasteiger partial charge in [-0.05, 0) is 12.8 Å². The standard InChI is InChI=1S/C8H18Si.2ClH.Zr/c1-2-3-4-5-6-7-8-9;;;/h2H,1,3-8H2,9H3;2*1H;/q;;;+2/p-2. The molecule has 0 aliphatic heterocycles. The quantitative estimate of drug-likeness (QED) is 0.266. The van der Waals surface area contributed by atoms with Gasteiger partial charge in [-0.15, -0.1) is 6.58 Å². The van der Waals surface area contributed by atoms with E-state index in [1.165, 1.54) is 48.4 Å². The summed E-state index contributed by atoms with van der Waals surface area (Å²) in [6.07, 6.45) is 8.89. The summed E-state index contributed by atoms with van der Waals surface area (Å²) in [5, 5.41) is 0. The minimum atomic E-state index is 0. The summed E-state index contributed by atoms with van der Waals surface area (Å²) in [5.74, 6) is 0. The van der Waals surface area contributed by atoms with Gasteiger partial charge in [-0.25, -0.2) is 0 Å². The maximum Gasteiger partial charge on any atom is 2.00 e. The fourth-order valence-corrected chi connectivity index (χ4v) is 1.39. The molecule has 0 saturated carbocycles. The molecule has 0 aliphatic carbocycles. The van der Waals surface area contributed by atoms with Crippen LogP contribution in [-0.4, -0.2) is 10.2 Å². The molecule has 0 fully saturated rings. The molecule has 0 saturated heterocycles. The SMILES string of the molecule is C=CCCCCCC[SiH3].[Cl-].[Cl-].[Zr+2]. The number of halogens is 2. The zero-order valence-electron chi connectivity index (χ0n) is 7.78. The molecule has 0 radical (unpaired) electrons. The van der Waals surface area contributed by atoms with E-state index in [0.717, 1.165) is 0 Å². The first-order valence-electron chi connectivity index (χ1n) is 4.02. The van der Waals surface area contributed by atoms with E-state index >= 15 is 0 Å². The molecule has 72 valence electrons. The van der Waals surface area contributed by atoms with Crippen molar-refractivity contribution >= 4 is 10.2 Å². The second-order valence-corrected chi connectivity index (χ2v) is 3.49. The molecule has 0 aliphatic rings. The van der Waals surface area contributed by atoms with E-state index in [2.05, 4.69) is 6.58 Å². The summed E-state index contributed by atoms with van der Waals surface area (Å²) in [6.45, 7) is 3.69. The second kappa shape index (κ2) is 22.8. The van der Waals surface area contributed by atoms with Gasteiger partial charge in [0.1, 0.15) is 0 Å². The van der Waals surface area contributed by atoms with E-state index < -0.39 is 0 Å². The molecule has 0 aromatic rings. The van der Waals surface area contributed by atoms with Gasteiger partial charge in [0, 0.05) is 10.2 Å². The van der Waals surface area contributed by atoms with Gasteiger partial charge < -0.3 is 24.8 Å². The van der Waals surface area contributed by atoms with Crippen LogP contribution in [-0.2, 0) is 26.2 Å². The Bertz CT molecular complexity index is 72.1. The zero-order chi connectivity index (χ0) is 6.95. The Morgan fingerprint density at radius 1 is 1.00 bits per heavy atom. The van der Waals surface area contributed by atoms with Gasteiger partial charge in [-0.1, -0.05) is 31.4 Å². The van der Waals surface area contributed by atoms with Crippen molar-refractivity contribution in [2.45, 2.75) is 38.1 Å². The van der Waals surface area contributed by atoms with Crippen molar-refractivity contribution < 1.29 is 51.0 Å². The van der Waals surface area contributed by atoms with E-state index in [-0.39, 0.29) is 51.0 Å². The van der Waals surface area contributed by atoms with Crippen molar-refractivity contribution in [1.82, 2.24) is 0 Å². The van der Waals surface area contributed by atoms with Crippen LogP contribution < -0.4 is 24.8 Å². The Morgan fingerprint density at radius 2 is 1.50 bits per heavy atom. The Hall–Kier alpha value is 1.42. The van der Waals surface area contributed by atoms with Crippen LogP contribution in [0.5, 0.6) is 0 Å². The summed E-state index contributed by atoms with van der Waals surface area (Å²) >= 11 is 0. The maximum absolute atomic E-state index is 3.69. The maximum atomic E-state index is 3.69. The predicted molar refractivity (Wildman–Crippen MR) is 48.0 cm³/mol. The minimum Gasteiger partial charge on any atom is -1.00 e. The summed E-state index contributed by atoms with van der Waals surface area (Å²) in [4.78, 5) is 0. The average Bonchev–Trinajstić information content (AvgIpc) is 1.89. The van der Waals surface area contributed by atoms with Crippen LogP contribution in [0.3, 0.4) is 0 Å². The molecule has 0 aromatic carbocycles. The molecule has 0 nitrogen and oxygen atoms in total. The van der Waals surface area contributed by atoms with E-state index in [0.29, 0.717) is 0 Å². The molecule has 12 heavy (non-hydrogen) atoms. The predicted octanol–water partition coefficient (Wildman–Crippen LogP) is -4.09. The molecule has 0 bridgehead atoms. The molecule has 0 rings (SSSR count). The first-order valence-corrected chi connectivity index (χ1v) is 5.44. The van der Waals surface area contributed by atoms with Crippen molar-refractivity contribution in [3.63, 3.8) is 0 Å². The summed E-state index contributed by atoms with van der Waals surface area (Å²) in [7, 11) is 1.39. The molecule has 0 unspecified atom stereocenters. The molecule has 0 aromatic heterocycles. The Labute approximate surface area is 111 Å². The van der Waals surface area contributed by atoms with Crippen molar-refractivity contribution in [3.05, 3.63) is 12.7 Å². The number of allylic oxidation sites excluding steroid dienone is 1. The summed E-state index contributed by atoms with van der Waals surface area (Å²) in [6, 6.07) is 1.48. The van der Waals surface area contributed by atoms with Crippen molar-refractivity contribution in [3.8, 4) is 0 Å². The molecule has 0 N–H and O–H groups in total. The van der Waals surface area contributed by atoms with E-state index in [1.54, 1.807) is 0 Å². The van der Waals surface area contributed by atoms with E-state index in [4.69, 9.17) is 0 Å². The Kier molecular flexibility index (Phi) is 44.4. The average molecular weight is 304 g/mol. The number of unbranched alkanes of at least 4 members (excludes halogenated alkanes) is 4. The summed E-state index contributed by atoms with van der Waals surface area (Å²) in [5.41, 5.74) is 0. The third-order valence-electron chi connectivity index (χ3n) is 1.51. The zero-order valence-corrected chi connectivity index (χ0v) is 13.8. The largest absolute Gasteiger partial charge is 2.00 e. The number of rotatable bonds is 6. The summed E-state index contributed by atoms with van der Waals surface area (Å²) < 4.78 is 0. The monoisotopic (exact) mass is 302 g/mol. The van der Waals surface area contributed by atoms with Gasteiger partial charge in [0.05, 0.1) is 0 Å². The molecule has 4 heteroatoms. The third kappa shape index (κ3) is 22.5. The molecular weight excluding hydrogens is 286 g/mol. The van der Waals surface area contributed by atoms with E-state index in [9.17, 15) is 0 Å². The molecule has 0 spiro atoms. The number of hydrogen-bond donors (Lipinski definition) is 0. The van der Waals surface area contributed by atoms with Gasteiger partial charge in [0.15, 0.2) is 0 Å². The second-order valence-electron chi connectivity index (χ2n) is 2.49. The number of hydrogen-bond acceptors (Lipinski definition) is 0. The van der Waals surface area contributed by atoms with Crippen molar-refractivity contribution in [2.75, 3.05) is 0 Å². The van der Waals surface area contributed by atoms with Crippen LogP contribution >= 0.6 is 0 Å². The molecule has 0 amide bonds. The fourth-order valence-electron chi connectivity index (χ4n) is 0.892. The molecular formula is C8H18Cl2SiZr. The first-order chi connectivity index (χ1) is 4.41. The first kappa shape index (κ1) is 23.3. The Balaban J connectivity index is -0.000000107. The van der Waals surface area contributed by atoms with E-state index in [1.807, 2.05) is 6.08 Å². The van der Waals surface area contributed by atoms with Crippen LogP contribution in [0.4, 0.5) is 0 Å². The van der Waals surface area contributed by atoms with Crippen molar-refractivity contribution in [1.29, 1.82) is 0 Å². The van der Waals surface area contributed by atoms with Gasteiger partial charge in [0.25, 0.3) is 0 Å². The van der Waals surface area contributed by atoms with Gasteiger partial charge in [-0.2, -0.15) is 0 Å². The molecule has 0 atom stereocenters. The van der Waals surface area contributed by atoms with Crippen LogP contribution in [0.1, 0.15) is 32.1 Å². The topological polar surface area (TPSA) is 0 Å².